The molecule has 0 aliphatic rings. The quantitative estimate of drug-likeness (QED) is 0.779. The fourth-order valence-electron chi connectivity index (χ4n) is 1.29. The molecule has 0 bridgehead atoms. The Labute approximate surface area is 103 Å². The topological polar surface area (TPSA) is 50.1 Å². The molecule has 1 aromatic carbocycles. The second-order valence-corrected chi connectivity index (χ2v) is 4.18. The molecule has 0 aliphatic heterocycles. The molecule has 3 nitrogen and oxygen atoms in total. The highest BCUT2D eigenvalue weighted by molar-refractivity contribution is 7.08. The predicted octanol–water partition coefficient (Wildman–Crippen LogP) is 2.98. The number of ether oxygens (including phenoxy) is 1. The zero-order chi connectivity index (χ0) is 12.1. The highest BCUT2D eigenvalue weighted by atomic mass is 32.1. The van der Waals surface area contributed by atoms with E-state index in [9.17, 15) is 4.79 Å². The summed E-state index contributed by atoms with van der Waals surface area (Å²) in [5.74, 6) is -0.324. The Bertz CT molecular complexity index is 538. The zero-order valence-corrected chi connectivity index (χ0v) is 9.74. The molecule has 2 aromatic rings. The fourth-order valence-corrected chi connectivity index (χ4v) is 1.91. The number of rotatable bonds is 3. The standard InChI is InChI=1S/C13H9NO2S/c14-7-10-1-3-11(4-2-10)8-16-13(15)12-5-6-17-9-12/h1-6,9H,8H2. The molecule has 0 unspecified atom stereocenters. The zero-order valence-electron chi connectivity index (χ0n) is 8.92. The van der Waals surface area contributed by atoms with Crippen LogP contribution < -0.4 is 0 Å². The summed E-state index contributed by atoms with van der Waals surface area (Å²) in [4.78, 5) is 11.5. The molecular weight excluding hydrogens is 234 g/mol. The molecule has 0 radical (unpaired) electrons. The summed E-state index contributed by atoms with van der Waals surface area (Å²) in [7, 11) is 0. The van der Waals surface area contributed by atoms with Gasteiger partial charge in [0, 0.05) is 5.38 Å². The first-order valence-corrected chi connectivity index (χ1v) is 5.92. The number of thiophene rings is 1. The molecule has 0 N–H and O–H groups in total. The summed E-state index contributed by atoms with van der Waals surface area (Å²) in [6.07, 6.45) is 0. The minimum Gasteiger partial charge on any atom is -0.457 e. The van der Waals surface area contributed by atoms with Crippen LogP contribution in [0.3, 0.4) is 0 Å². The lowest BCUT2D eigenvalue weighted by Crippen LogP contribution is -2.03. The van der Waals surface area contributed by atoms with E-state index in [1.807, 2.05) is 11.4 Å². The van der Waals surface area contributed by atoms with Crippen LogP contribution in [0.25, 0.3) is 0 Å². The number of carbonyl (C=O) groups excluding carboxylic acids is 1. The van der Waals surface area contributed by atoms with Crippen molar-refractivity contribution in [2.75, 3.05) is 0 Å². The van der Waals surface area contributed by atoms with E-state index in [0.717, 1.165) is 5.56 Å². The Morgan fingerprint density at radius 1 is 1.29 bits per heavy atom. The second-order valence-electron chi connectivity index (χ2n) is 3.40. The highest BCUT2D eigenvalue weighted by Gasteiger charge is 2.07. The molecular formula is C13H9NO2S. The van der Waals surface area contributed by atoms with E-state index in [2.05, 4.69) is 0 Å². The molecule has 0 saturated heterocycles. The number of hydrogen-bond donors (Lipinski definition) is 0. The van der Waals surface area contributed by atoms with Gasteiger partial charge in [-0.05, 0) is 29.1 Å². The summed E-state index contributed by atoms with van der Waals surface area (Å²) in [6, 6.07) is 10.7. The maximum absolute atomic E-state index is 11.5. The fraction of sp³-hybridized carbons (Fsp3) is 0.0769. The molecule has 0 aliphatic carbocycles. The van der Waals surface area contributed by atoms with Gasteiger partial charge in [-0.2, -0.15) is 16.6 Å². The van der Waals surface area contributed by atoms with Crippen LogP contribution in [0.5, 0.6) is 0 Å². The minimum absolute atomic E-state index is 0.223. The van der Waals surface area contributed by atoms with E-state index in [1.54, 1.807) is 35.7 Å². The van der Waals surface area contributed by atoms with Gasteiger partial charge < -0.3 is 4.74 Å². The van der Waals surface area contributed by atoms with Gasteiger partial charge in [-0.25, -0.2) is 4.79 Å². The van der Waals surface area contributed by atoms with Gasteiger partial charge in [0.05, 0.1) is 17.2 Å². The molecule has 0 saturated carbocycles. The number of nitrogens with zero attached hydrogens (tertiary/aromatic N) is 1. The summed E-state index contributed by atoms with van der Waals surface area (Å²) >= 11 is 1.46. The van der Waals surface area contributed by atoms with Crippen LogP contribution in [-0.2, 0) is 11.3 Å². The average Bonchev–Trinajstić information content (AvgIpc) is 2.90. The van der Waals surface area contributed by atoms with E-state index in [-0.39, 0.29) is 12.6 Å². The van der Waals surface area contributed by atoms with Crippen LogP contribution in [-0.4, -0.2) is 5.97 Å². The maximum Gasteiger partial charge on any atom is 0.339 e. The van der Waals surface area contributed by atoms with Gasteiger partial charge >= 0.3 is 5.97 Å². The molecule has 0 spiro atoms. The average molecular weight is 243 g/mol. The summed E-state index contributed by atoms with van der Waals surface area (Å²) < 4.78 is 5.13. The first-order valence-electron chi connectivity index (χ1n) is 4.98. The van der Waals surface area contributed by atoms with E-state index >= 15 is 0 Å². The first kappa shape index (κ1) is 11.4. The van der Waals surface area contributed by atoms with Crippen molar-refractivity contribution >= 4 is 17.3 Å². The van der Waals surface area contributed by atoms with Crippen LogP contribution in [0.15, 0.2) is 41.1 Å². The van der Waals surface area contributed by atoms with Crippen LogP contribution in [0.2, 0.25) is 0 Å². The Balaban J connectivity index is 1.94. The van der Waals surface area contributed by atoms with Crippen molar-refractivity contribution in [3.8, 4) is 6.07 Å². The molecule has 17 heavy (non-hydrogen) atoms. The first-order chi connectivity index (χ1) is 8.29. The van der Waals surface area contributed by atoms with E-state index in [0.29, 0.717) is 11.1 Å². The predicted molar refractivity (Wildman–Crippen MR) is 64.6 cm³/mol. The van der Waals surface area contributed by atoms with Crippen molar-refractivity contribution < 1.29 is 9.53 Å². The van der Waals surface area contributed by atoms with E-state index in [4.69, 9.17) is 10.00 Å². The normalized spacial score (nSPS) is 9.59. The Kier molecular flexibility index (Phi) is 3.53. The maximum atomic E-state index is 11.5. The number of esters is 1. The Morgan fingerprint density at radius 3 is 2.65 bits per heavy atom. The summed E-state index contributed by atoms with van der Waals surface area (Å²) in [6.45, 7) is 0.223. The monoisotopic (exact) mass is 243 g/mol. The second kappa shape index (κ2) is 5.28. The molecule has 0 amide bonds. The summed E-state index contributed by atoms with van der Waals surface area (Å²) in [5, 5.41) is 12.2. The van der Waals surface area contributed by atoms with Crippen LogP contribution in [0.1, 0.15) is 21.5 Å². The molecule has 84 valence electrons. The van der Waals surface area contributed by atoms with Gasteiger partial charge in [0.25, 0.3) is 0 Å². The van der Waals surface area contributed by atoms with E-state index < -0.39 is 0 Å². The highest BCUT2D eigenvalue weighted by Crippen LogP contribution is 2.10. The number of nitriles is 1. The Morgan fingerprint density at radius 2 is 2.06 bits per heavy atom. The number of hydrogen-bond acceptors (Lipinski definition) is 4. The van der Waals surface area contributed by atoms with Gasteiger partial charge in [0.1, 0.15) is 6.61 Å². The van der Waals surface area contributed by atoms with Gasteiger partial charge in [-0.15, -0.1) is 0 Å². The molecule has 1 heterocycles. The summed E-state index contributed by atoms with van der Waals surface area (Å²) in [5.41, 5.74) is 2.04. The SMILES string of the molecule is N#Cc1ccc(COC(=O)c2ccsc2)cc1. The molecule has 0 atom stereocenters. The van der Waals surface area contributed by atoms with Crippen molar-refractivity contribution in [1.82, 2.24) is 0 Å². The number of benzene rings is 1. The lowest BCUT2D eigenvalue weighted by molar-refractivity contribution is 0.0473. The molecule has 4 heteroatoms. The largest absolute Gasteiger partial charge is 0.457 e. The Hall–Kier alpha value is -2.12. The number of carbonyl (C=O) groups is 1. The third kappa shape index (κ3) is 2.92. The lowest BCUT2D eigenvalue weighted by atomic mass is 10.2. The van der Waals surface area contributed by atoms with Crippen LogP contribution in [0, 0.1) is 11.3 Å². The van der Waals surface area contributed by atoms with Crippen molar-refractivity contribution in [3.05, 3.63) is 57.8 Å². The van der Waals surface area contributed by atoms with Crippen LogP contribution >= 0.6 is 11.3 Å². The molecule has 0 fully saturated rings. The molecule has 1 aromatic heterocycles. The van der Waals surface area contributed by atoms with Gasteiger partial charge in [-0.3, -0.25) is 0 Å². The van der Waals surface area contributed by atoms with E-state index in [1.165, 1.54) is 11.3 Å². The lowest BCUT2D eigenvalue weighted by Gasteiger charge is -2.03. The molecule has 2 rings (SSSR count). The van der Waals surface area contributed by atoms with Crippen molar-refractivity contribution in [2.45, 2.75) is 6.61 Å². The van der Waals surface area contributed by atoms with Crippen molar-refractivity contribution in [1.29, 1.82) is 5.26 Å². The van der Waals surface area contributed by atoms with Crippen molar-refractivity contribution in [3.63, 3.8) is 0 Å². The minimum atomic E-state index is -0.324. The van der Waals surface area contributed by atoms with Gasteiger partial charge in [0.2, 0.25) is 0 Å². The van der Waals surface area contributed by atoms with Gasteiger partial charge in [0.15, 0.2) is 0 Å². The third-order valence-electron chi connectivity index (χ3n) is 2.21. The smallest absolute Gasteiger partial charge is 0.339 e. The third-order valence-corrected chi connectivity index (χ3v) is 2.89. The van der Waals surface area contributed by atoms with Crippen molar-refractivity contribution in [2.24, 2.45) is 0 Å². The van der Waals surface area contributed by atoms with Crippen LogP contribution in [0.4, 0.5) is 0 Å². The van der Waals surface area contributed by atoms with Gasteiger partial charge in [-0.1, -0.05) is 12.1 Å².